The topological polar surface area (TPSA) is 56.5 Å². The lowest BCUT2D eigenvalue weighted by atomic mass is 10.0. The molecule has 0 atom stereocenters. The summed E-state index contributed by atoms with van der Waals surface area (Å²) < 4.78 is 9.56. The van der Waals surface area contributed by atoms with Crippen LogP contribution >= 0.6 is 0 Å². The van der Waals surface area contributed by atoms with Gasteiger partial charge in [-0.15, -0.1) is 0 Å². The molecule has 4 aromatic rings. The predicted octanol–water partition coefficient (Wildman–Crippen LogP) is 4.84. The van der Waals surface area contributed by atoms with Crippen LogP contribution in [0.15, 0.2) is 71.7 Å². The van der Waals surface area contributed by atoms with E-state index in [1.54, 1.807) is 17.7 Å². The summed E-state index contributed by atoms with van der Waals surface area (Å²) in [5, 5.41) is 1.19. The first-order valence-electron chi connectivity index (χ1n) is 11.8. The normalized spacial score (nSPS) is 12.6. The summed E-state index contributed by atoms with van der Waals surface area (Å²) in [7, 11) is 2.03. The highest BCUT2D eigenvalue weighted by molar-refractivity contribution is 5.88. The average Bonchev–Trinajstić information content (AvgIpc) is 3.15. The van der Waals surface area contributed by atoms with Crippen molar-refractivity contribution in [3.05, 3.63) is 94.0 Å². The van der Waals surface area contributed by atoms with E-state index >= 15 is 0 Å². The Morgan fingerprint density at radius 3 is 2.50 bits per heavy atom. The van der Waals surface area contributed by atoms with E-state index in [2.05, 4.69) is 10.6 Å². The minimum atomic E-state index is -0.142. The van der Waals surface area contributed by atoms with Crippen molar-refractivity contribution in [3.63, 3.8) is 0 Å². The predicted molar refractivity (Wildman–Crippen MR) is 135 cm³/mol. The van der Waals surface area contributed by atoms with Crippen LogP contribution in [0.5, 0.6) is 5.75 Å². The van der Waals surface area contributed by atoms with Crippen molar-refractivity contribution in [1.29, 1.82) is 0 Å². The summed E-state index contributed by atoms with van der Waals surface area (Å²) in [5.41, 5.74) is 5.24. The van der Waals surface area contributed by atoms with Crippen molar-refractivity contribution in [2.45, 2.75) is 40.3 Å². The number of benzene rings is 2. The van der Waals surface area contributed by atoms with Gasteiger partial charge in [-0.3, -0.25) is 14.2 Å². The summed E-state index contributed by atoms with van der Waals surface area (Å²) in [6, 6.07) is 19.3. The molecule has 0 saturated heterocycles. The number of amides is 1. The summed E-state index contributed by atoms with van der Waals surface area (Å²) in [6.45, 7) is 7.40. The molecule has 5 rings (SSSR count). The Bertz CT molecular complexity index is 1370. The number of hydrogen-bond acceptors (Lipinski definition) is 3. The summed E-state index contributed by atoms with van der Waals surface area (Å²) >= 11 is 0. The van der Waals surface area contributed by atoms with E-state index in [1.165, 1.54) is 17.0 Å². The molecule has 0 bridgehead atoms. The maximum Gasteiger partial charge on any atom is 0.258 e. The SMILES string of the molecule is CC.CC(=O)N1CCc2c(n(C)c3cc(-n4ccc(OCc5ccccc5)cc4=O)ccc23)C1. The second-order valence-corrected chi connectivity index (χ2v) is 8.22. The van der Waals surface area contributed by atoms with Gasteiger partial charge in [-0.25, -0.2) is 0 Å². The van der Waals surface area contributed by atoms with Crippen molar-refractivity contribution in [1.82, 2.24) is 14.0 Å². The Morgan fingerprint density at radius 2 is 1.79 bits per heavy atom. The van der Waals surface area contributed by atoms with Crippen molar-refractivity contribution in [3.8, 4) is 11.4 Å². The highest BCUT2D eigenvalue weighted by Crippen LogP contribution is 2.31. The highest BCUT2D eigenvalue weighted by atomic mass is 16.5. The fraction of sp³-hybridized carbons (Fsp3) is 0.286. The molecule has 34 heavy (non-hydrogen) atoms. The van der Waals surface area contributed by atoms with Gasteiger partial charge in [0.1, 0.15) is 12.4 Å². The van der Waals surface area contributed by atoms with Gasteiger partial charge in [0, 0.05) is 43.9 Å². The third kappa shape index (κ3) is 4.49. The molecule has 0 saturated carbocycles. The van der Waals surface area contributed by atoms with Crippen LogP contribution < -0.4 is 10.3 Å². The van der Waals surface area contributed by atoms with Gasteiger partial charge in [0.2, 0.25) is 5.91 Å². The zero-order chi connectivity index (χ0) is 24.2. The van der Waals surface area contributed by atoms with E-state index < -0.39 is 0 Å². The van der Waals surface area contributed by atoms with Crippen LogP contribution in [0.3, 0.4) is 0 Å². The van der Waals surface area contributed by atoms with E-state index in [0.717, 1.165) is 35.4 Å². The lowest BCUT2D eigenvalue weighted by Gasteiger charge is -2.26. The van der Waals surface area contributed by atoms with Crippen LogP contribution in [0.25, 0.3) is 16.6 Å². The first-order valence-corrected chi connectivity index (χ1v) is 11.8. The summed E-state index contributed by atoms with van der Waals surface area (Å²) in [5.74, 6) is 0.651. The minimum Gasteiger partial charge on any atom is -0.489 e. The quantitative estimate of drug-likeness (QED) is 0.441. The Labute approximate surface area is 200 Å². The van der Waals surface area contributed by atoms with Crippen LogP contribution in [0.4, 0.5) is 0 Å². The molecule has 1 aliphatic rings. The number of pyridine rings is 1. The van der Waals surface area contributed by atoms with Crippen LogP contribution in [0.2, 0.25) is 0 Å². The van der Waals surface area contributed by atoms with Gasteiger partial charge in [-0.1, -0.05) is 50.2 Å². The molecule has 0 aliphatic carbocycles. The third-order valence-corrected chi connectivity index (χ3v) is 6.26. The lowest BCUT2D eigenvalue weighted by Crippen LogP contribution is -2.34. The molecule has 2 aromatic carbocycles. The number of nitrogens with zero attached hydrogens (tertiary/aromatic N) is 3. The van der Waals surface area contributed by atoms with Crippen molar-refractivity contribution < 1.29 is 9.53 Å². The first kappa shape index (κ1) is 23.4. The molecule has 3 heterocycles. The van der Waals surface area contributed by atoms with E-state index in [9.17, 15) is 9.59 Å². The fourth-order valence-electron chi connectivity index (χ4n) is 4.47. The van der Waals surface area contributed by atoms with Crippen LogP contribution in [-0.4, -0.2) is 26.5 Å². The zero-order valence-corrected chi connectivity index (χ0v) is 20.2. The molecule has 0 N–H and O–H groups in total. The number of fused-ring (bicyclic) bond motifs is 3. The van der Waals surface area contributed by atoms with Gasteiger partial charge >= 0.3 is 0 Å². The summed E-state index contributed by atoms with van der Waals surface area (Å²) in [6.07, 6.45) is 2.60. The number of hydrogen-bond donors (Lipinski definition) is 0. The second kappa shape index (κ2) is 10.00. The standard InChI is InChI=1S/C26H25N3O3.C2H6/c1-18(30)28-12-11-23-22-9-8-20(14-24(22)27(2)25(23)16-28)29-13-10-21(15-26(29)31)32-17-19-6-4-3-5-7-19;1-2/h3-10,13-15H,11-12,16-17H2,1-2H3;1-2H3. The number of carbonyl (C=O) groups excluding carboxylic acids is 1. The molecule has 1 aliphatic heterocycles. The Balaban J connectivity index is 0.00000133. The molecule has 6 heteroatoms. The summed E-state index contributed by atoms with van der Waals surface area (Å²) in [4.78, 5) is 26.5. The van der Waals surface area contributed by atoms with Gasteiger partial charge in [0.05, 0.1) is 17.7 Å². The molecule has 1 amide bonds. The van der Waals surface area contributed by atoms with E-state index in [0.29, 0.717) is 18.9 Å². The molecule has 176 valence electrons. The van der Waals surface area contributed by atoms with Gasteiger partial charge in [-0.05, 0) is 35.7 Å². The van der Waals surface area contributed by atoms with E-state index in [1.807, 2.05) is 74.3 Å². The van der Waals surface area contributed by atoms with E-state index in [4.69, 9.17) is 4.74 Å². The molecule has 6 nitrogen and oxygen atoms in total. The Hall–Kier alpha value is -3.80. The lowest BCUT2D eigenvalue weighted by molar-refractivity contribution is -0.129. The van der Waals surface area contributed by atoms with Gasteiger partial charge in [0.25, 0.3) is 5.56 Å². The maximum absolute atomic E-state index is 12.8. The highest BCUT2D eigenvalue weighted by Gasteiger charge is 2.24. The van der Waals surface area contributed by atoms with Gasteiger partial charge in [0.15, 0.2) is 0 Å². The Kier molecular flexibility index (Phi) is 6.87. The molecule has 0 unspecified atom stereocenters. The van der Waals surface area contributed by atoms with Gasteiger partial charge < -0.3 is 14.2 Å². The smallest absolute Gasteiger partial charge is 0.258 e. The largest absolute Gasteiger partial charge is 0.489 e. The minimum absolute atomic E-state index is 0.0997. The second-order valence-electron chi connectivity index (χ2n) is 8.22. The zero-order valence-electron chi connectivity index (χ0n) is 20.2. The third-order valence-electron chi connectivity index (χ3n) is 6.26. The fourth-order valence-corrected chi connectivity index (χ4v) is 4.47. The maximum atomic E-state index is 12.8. The molecule has 0 radical (unpaired) electrons. The molecule has 0 fully saturated rings. The Morgan fingerprint density at radius 1 is 1.03 bits per heavy atom. The number of ether oxygens (including phenoxy) is 1. The van der Waals surface area contributed by atoms with Crippen LogP contribution in [0.1, 0.15) is 37.6 Å². The average molecular weight is 458 g/mol. The van der Waals surface area contributed by atoms with Crippen molar-refractivity contribution >= 4 is 16.8 Å². The number of carbonyl (C=O) groups is 1. The molecular formula is C28H31N3O3. The van der Waals surface area contributed by atoms with Crippen molar-refractivity contribution in [2.75, 3.05) is 6.54 Å². The molecule has 2 aromatic heterocycles. The molecular weight excluding hydrogens is 426 g/mol. The van der Waals surface area contributed by atoms with Crippen LogP contribution in [-0.2, 0) is 31.4 Å². The number of rotatable bonds is 4. The number of aryl methyl sites for hydroxylation is 1. The van der Waals surface area contributed by atoms with E-state index in [-0.39, 0.29) is 11.5 Å². The number of aromatic nitrogens is 2. The van der Waals surface area contributed by atoms with Gasteiger partial charge in [-0.2, -0.15) is 0 Å². The first-order chi connectivity index (χ1) is 16.5. The van der Waals surface area contributed by atoms with Crippen molar-refractivity contribution in [2.24, 2.45) is 7.05 Å². The molecule has 0 spiro atoms. The van der Waals surface area contributed by atoms with Crippen LogP contribution in [0, 0.1) is 0 Å². The monoisotopic (exact) mass is 457 g/mol.